The van der Waals surface area contributed by atoms with Gasteiger partial charge in [-0.25, -0.2) is 9.59 Å². The molecule has 0 spiro atoms. The van der Waals surface area contributed by atoms with E-state index in [-0.39, 0.29) is 9.50 Å². The van der Waals surface area contributed by atoms with E-state index in [0.29, 0.717) is 6.07 Å². The molecule has 1 aliphatic rings. The van der Waals surface area contributed by atoms with E-state index in [1.165, 1.54) is 19.9 Å². The largest absolute Gasteiger partial charge is 0.419 e. The maximum absolute atomic E-state index is 13.1. The fourth-order valence-electron chi connectivity index (χ4n) is 1.87. The summed E-state index contributed by atoms with van der Waals surface area (Å²) in [5.41, 5.74) is -2.05. The highest BCUT2D eigenvalue weighted by Crippen LogP contribution is 2.41. The number of hydrogen-bond acceptors (Lipinski definition) is 5. The topological polar surface area (TPSA) is 64.6 Å². The van der Waals surface area contributed by atoms with Gasteiger partial charge < -0.3 is 14.8 Å². The Morgan fingerprint density at radius 3 is 2.25 bits per heavy atom. The lowest BCUT2D eigenvalue weighted by Crippen LogP contribution is -2.42. The predicted molar refractivity (Wildman–Crippen MR) is 82.1 cm³/mol. The molecule has 0 atom stereocenters. The maximum atomic E-state index is 13.1. The molecule has 0 saturated carbocycles. The van der Waals surface area contributed by atoms with Gasteiger partial charge >= 0.3 is 18.1 Å². The van der Waals surface area contributed by atoms with E-state index in [1.54, 1.807) is 0 Å². The van der Waals surface area contributed by atoms with E-state index in [4.69, 9.17) is 21.1 Å². The molecule has 1 aromatic rings. The van der Waals surface area contributed by atoms with Crippen molar-refractivity contribution in [1.29, 1.82) is 0 Å². The monoisotopic (exact) mass is 427 g/mol. The molecular weight excluding hydrogens is 419 g/mol. The first-order valence-corrected chi connectivity index (χ1v) is 7.57. The van der Waals surface area contributed by atoms with Gasteiger partial charge in [0.1, 0.15) is 0 Å². The first-order valence-electron chi connectivity index (χ1n) is 6.40. The third-order valence-corrected chi connectivity index (χ3v) is 3.68. The van der Waals surface area contributed by atoms with Crippen LogP contribution in [0.25, 0.3) is 0 Å². The van der Waals surface area contributed by atoms with Crippen molar-refractivity contribution in [2.75, 3.05) is 5.32 Å². The summed E-state index contributed by atoms with van der Waals surface area (Å²) >= 11 is 8.59. The number of ether oxygens (including phenoxy) is 2. The van der Waals surface area contributed by atoms with Gasteiger partial charge in [0.05, 0.1) is 11.3 Å². The third kappa shape index (κ3) is 4.02. The minimum absolute atomic E-state index is 0.00273. The molecule has 0 unspecified atom stereocenters. The summed E-state index contributed by atoms with van der Waals surface area (Å²) in [7, 11) is 0. The van der Waals surface area contributed by atoms with E-state index in [9.17, 15) is 22.8 Å². The van der Waals surface area contributed by atoms with Crippen molar-refractivity contribution in [1.82, 2.24) is 0 Å². The predicted octanol–water partition coefficient (Wildman–Crippen LogP) is 4.25. The van der Waals surface area contributed by atoms with Gasteiger partial charge in [-0.2, -0.15) is 13.2 Å². The Bertz CT molecular complexity index is 724. The molecule has 0 aromatic heterocycles. The van der Waals surface area contributed by atoms with Gasteiger partial charge in [0.25, 0.3) is 5.79 Å². The number of benzene rings is 1. The average molecular weight is 429 g/mol. The molecule has 0 radical (unpaired) electrons. The Morgan fingerprint density at radius 1 is 1.21 bits per heavy atom. The number of nitrogens with one attached hydrogen (secondary N) is 1. The molecule has 1 aromatic carbocycles. The van der Waals surface area contributed by atoms with E-state index in [1.807, 2.05) is 0 Å². The van der Waals surface area contributed by atoms with Crippen LogP contribution in [0.5, 0.6) is 0 Å². The molecule has 24 heavy (non-hydrogen) atoms. The lowest BCUT2D eigenvalue weighted by molar-refractivity contribution is -0.222. The molecule has 5 nitrogen and oxygen atoms in total. The summed E-state index contributed by atoms with van der Waals surface area (Å²) < 4.78 is 49.0. The summed E-state index contributed by atoms with van der Waals surface area (Å²) in [4.78, 5) is 23.6. The fourth-order valence-corrected chi connectivity index (χ4v) is 2.79. The summed E-state index contributed by atoms with van der Waals surface area (Å²) in [5, 5.41) is 2.15. The normalized spacial score (nSPS) is 17.2. The van der Waals surface area contributed by atoms with Crippen molar-refractivity contribution in [3.63, 3.8) is 0 Å². The van der Waals surface area contributed by atoms with E-state index < -0.39 is 40.7 Å². The molecule has 1 heterocycles. The average Bonchev–Trinajstić information content (AvgIpc) is 2.36. The first-order chi connectivity index (χ1) is 10.9. The molecule has 2 rings (SSSR count). The number of carbonyl (C=O) groups excluding carboxylic acids is 2. The van der Waals surface area contributed by atoms with Crippen LogP contribution >= 0.6 is 27.5 Å². The lowest BCUT2D eigenvalue weighted by atomic mass is 10.1. The van der Waals surface area contributed by atoms with Gasteiger partial charge in [0.2, 0.25) is 0 Å². The van der Waals surface area contributed by atoms with Crippen molar-refractivity contribution < 1.29 is 32.2 Å². The minimum atomic E-state index is -4.70. The van der Waals surface area contributed by atoms with E-state index in [0.717, 1.165) is 6.20 Å². The van der Waals surface area contributed by atoms with Crippen molar-refractivity contribution in [2.45, 2.75) is 25.8 Å². The highest BCUT2D eigenvalue weighted by molar-refractivity contribution is 9.10. The zero-order chi connectivity index (χ0) is 18.3. The van der Waals surface area contributed by atoms with Crippen molar-refractivity contribution in [3.05, 3.63) is 39.0 Å². The smallest absolute Gasteiger partial charge is 0.418 e. The van der Waals surface area contributed by atoms with Crippen LogP contribution in [-0.2, 0) is 25.2 Å². The van der Waals surface area contributed by atoms with Crippen LogP contribution in [0.3, 0.4) is 0 Å². The number of anilines is 1. The number of cyclic esters (lactones) is 2. The van der Waals surface area contributed by atoms with Crippen LogP contribution < -0.4 is 5.32 Å². The number of alkyl halides is 3. The van der Waals surface area contributed by atoms with Crippen LogP contribution in [-0.4, -0.2) is 17.7 Å². The number of hydrogen-bond donors (Lipinski definition) is 1. The second-order valence-corrected chi connectivity index (χ2v) is 6.48. The number of halogens is 5. The molecular formula is C14H10BrClF3NO4. The zero-order valence-electron chi connectivity index (χ0n) is 12.3. The quantitative estimate of drug-likeness (QED) is 0.433. The van der Waals surface area contributed by atoms with Gasteiger partial charge in [-0.3, -0.25) is 0 Å². The molecule has 130 valence electrons. The van der Waals surface area contributed by atoms with E-state index in [2.05, 4.69) is 21.2 Å². The molecule has 1 saturated heterocycles. The Labute approximate surface area is 147 Å². The second-order valence-electron chi connectivity index (χ2n) is 5.19. The van der Waals surface area contributed by atoms with Gasteiger partial charge in [-0.1, -0.05) is 11.6 Å². The highest BCUT2D eigenvalue weighted by atomic mass is 79.9. The first kappa shape index (κ1) is 18.6. The molecule has 0 aliphatic carbocycles. The molecule has 1 fully saturated rings. The Morgan fingerprint density at radius 2 is 1.75 bits per heavy atom. The van der Waals surface area contributed by atoms with Gasteiger partial charge in [-0.15, -0.1) is 0 Å². The van der Waals surface area contributed by atoms with E-state index >= 15 is 0 Å². The SMILES string of the molecule is CC1(C)OC(=O)C(=CNc2c(Br)cc(Cl)cc2C(F)(F)F)C(=O)O1. The molecule has 0 bridgehead atoms. The van der Waals surface area contributed by atoms with Crippen LogP contribution in [0.15, 0.2) is 28.4 Å². The maximum Gasteiger partial charge on any atom is 0.418 e. The summed E-state index contributed by atoms with van der Waals surface area (Å²) in [5.74, 6) is -3.46. The van der Waals surface area contributed by atoms with Crippen molar-refractivity contribution in [2.24, 2.45) is 0 Å². The summed E-state index contributed by atoms with van der Waals surface area (Å²) in [6.45, 7) is 2.70. The van der Waals surface area contributed by atoms with Crippen LogP contribution in [0, 0.1) is 0 Å². The van der Waals surface area contributed by atoms with Crippen LogP contribution in [0.2, 0.25) is 5.02 Å². The molecule has 1 N–H and O–H groups in total. The van der Waals surface area contributed by atoms with Crippen LogP contribution in [0.4, 0.5) is 18.9 Å². The Hall–Kier alpha value is -1.74. The number of carbonyl (C=O) groups is 2. The highest BCUT2D eigenvalue weighted by Gasteiger charge is 2.39. The third-order valence-electron chi connectivity index (χ3n) is 2.84. The van der Waals surface area contributed by atoms with Crippen molar-refractivity contribution >= 4 is 45.2 Å². The Balaban J connectivity index is 2.39. The number of rotatable bonds is 2. The summed E-state index contributed by atoms with van der Waals surface area (Å²) in [6.07, 6.45) is -3.91. The summed E-state index contributed by atoms with van der Waals surface area (Å²) in [6, 6.07) is 1.95. The standard InChI is InChI=1S/C14H10BrClF3NO4/c1-13(2)23-11(21)7(12(22)24-13)5-20-10-8(14(17,18)19)3-6(16)4-9(10)15/h3-5,20H,1-2H3. The van der Waals surface area contributed by atoms with Gasteiger partial charge in [0.15, 0.2) is 5.57 Å². The van der Waals surface area contributed by atoms with Crippen molar-refractivity contribution in [3.8, 4) is 0 Å². The molecule has 1 aliphatic heterocycles. The molecule has 0 amide bonds. The van der Waals surface area contributed by atoms with Crippen LogP contribution in [0.1, 0.15) is 19.4 Å². The molecule has 10 heteroatoms. The van der Waals surface area contributed by atoms with Gasteiger partial charge in [-0.05, 0) is 28.1 Å². The zero-order valence-corrected chi connectivity index (χ0v) is 14.6. The number of esters is 2. The second kappa shape index (κ2) is 6.29. The Kier molecular flexibility index (Phi) is 4.87. The lowest BCUT2D eigenvalue weighted by Gasteiger charge is -2.29. The minimum Gasteiger partial charge on any atom is -0.419 e. The van der Waals surface area contributed by atoms with Gasteiger partial charge in [0, 0.05) is 29.5 Å². The fraction of sp³-hybridized carbons (Fsp3) is 0.286.